The van der Waals surface area contributed by atoms with E-state index in [1.807, 2.05) is 78.9 Å². The molecule has 0 saturated carbocycles. The lowest BCUT2D eigenvalue weighted by atomic mass is 10.0. The molecular formula is C35H39N3O6S. The number of hydrogen-bond donors (Lipinski definition) is 2. The van der Waals surface area contributed by atoms with Crippen LogP contribution in [-0.2, 0) is 39.1 Å². The normalized spacial score (nSPS) is 11.8. The maximum Gasteiger partial charge on any atom is 0.247 e. The molecule has 0 aromatic heterocycles. The second-order valence-electron chi connectivity index (χ2n) is 10.4. The third-order valence-electron chi connectivity index (χ3n) is 7.35. The van der Waals surface area contributed by atoms with Gasteiger partial charge >= 0.3 is 0 Å². The molecule has 2 amide bonds. The smallest absolute Gasteiger partial charge is 0.247 e. The van der Waals surface area contributed by atoms with Crippen LogP contribution in [-0.4, -0.2) is 45.9 Å². The summed E-state index contributed by atoms with van der Waals surface area (Å²) in [4.78, 5) is 29.8. The van der Waals surface area contributed by atoms with Crippen molar-refractivity contribution in [2.45, 2.75) is 43.8 Å². The maximum absolute atomic E-state index is 14.0. The van der Waals surface area contributed by atoms with E-state index in [4.69, 9.17) is 9.47 Å². The van der Waals surface area contributed by atoms with Gasteiger partial charge < -0.3 is 19.7 Å². The Morgan fingerprint density at radius 2 is 1.44 bits per heavy atom. The zero-order chi connectivity index (χ0) is 32.2. The Morgan fingerprint density at radius 1 is 0.800 bits per heavy atom. The molecule has 2 N–H and O–H groups in total. The van der Waals surface area contributed by atoms with Crippen LogP contribution in [0.1, 0.15) is 41.6 Å². The van der Waals surface area contributed by atoms with Crippen molar-refractivity contribution in [3.63, 3.8) is 0 Å². The van der Waals surface area contributed by atoms with Crippen LogP contribution in [0.15, 0.2) is 108 Å². The molecular weight excluding hydrogens is 590 g/mol. The molecule has 0 aliphatic rings. The van der Waals surface area contributed by atoms with Crippen LogP contribution < -0.4 is 19.5 Å². The van der Waals surface area contributed by atoms with Crippen molar-refractivity contribution in [1.82, 2.24) is 14.9 Å². The number of sulfonamides is 1. The van der Waals surface area contributed by atoms with Gasteiger partial charge in [-0.2, -0.15) is 0 Å². The number of hydrogen-bond acceptors (Lipinski definition) is 6. The third kappa shape index (κ3) is 8.93. The minimum absolute atomic E-state index is 0.110. The van der Waals surface area contributed by atoms with Gasteiger partial charge in [0.15, 0.2) is 0 Å². The molecule has 45 heavy (non-hydrogen) atoms. The summed E-state index contributed by atoms with van der Waals surface area (Å²) in [5.74, 6) is 0.790. The highest BCUT2D eigenvalue weighted by atomic mass is 32.2. The molecule has 4 aromatic carbocycles. The van der Waals surface area contributed by atoms with Crippen molar-refractivity contribution in [2.75, 3.05) is 20.8 Å². The SMILES string of the molecule is CCNS(=O)(=O)c1ccc(CCC(=O)N(Cc2ccc(OC)cc2)C(C(=O)NCc2ccccc2OC)c2ccccc2)cc1. The number of benzene rings is 4. The van der Waals surface area contributed by atoms with Crippen molar-refractivity contribution in [2.24, 2.45) is 0 Å². The number of para-hydroxylation sites is 1. The van der Waals surface area contributed by atoms with Crippen LogP contribution in [0.5, 0.6) is 11.5 Å². The van der Waals surface area contributed by atoms with Gasteiger partial charge in [0.2, 0.25) is 21.8 Å². The minimum Gasteiger partial charge on any atom is -0.497 e. The van der Waals surface area contributed by atoms with Gasteiger partial charge in [0, 0.05) is 31.6 Å². The summed E-state index contributed by atoms with van der Waals surface area (Å²) in [7, 11) is -0.411. The average molecular weight is 630 g/mol. The Bertz CT molecular complexity index is 1660. The van der Waals surface area contributed by atoms with E-state index in [2.05, 4.69) is 10.0 Å². The zero-order valence-electron chi connectivity index (χ0n) is 25.7. The van der Waals surface area contributed by atoms with E-state index in [0.29, 0.717) is 23.5 Å². The standard InChI is InChI=1S/C35H39N3O6S/c1-4-37-45(41,42)31-21-16-26(17-22-31)18-23-33(39)38(25-27-14-19-30(43-2)20-15-27)34(28-10-6-5-7-11-28)35(40)36-24-29-12-8-9-13-32(29)44-3/h5-17,19-22,34,37H,4,18,23-25H2,1-3H3,(H,36,40). The lowest BCUT2D eigenvalue weighted by Crippen LogP contribution is -2.43. The minimum atomic E-state index is -3.58. The second-order valence-corrected chi connectivity index (χ2v) is 12.1. The predicted molar refractivity (Wildman–Crippen MR) is 173 cm³/mol. The van der Waals surface area contributed by atoms with Crippen LogP contribution >= 0.6 is 0 Å². The summed E-state index contributed by atoms with van der Waals surface area (Å²) in [6.45, 7) is 2.41. The van der Waals surface area contributed by atoms with Crippen LogP contribution in [0, 0.1) is 0 Å². The zero-order valence-corrected chi connectivity index (χ0v) is 26.5. The van der Waals surface area contributed by atoms with Crippen molar-refractivity contribution in [3.05, 3.63) is 125 Å². The summed E-state index contributed by atoms with van der Waals surface area (Å²) in [5.41, 5.74) is 3.13. The first-order valence-electron chi connectivity index (χ1n) is 14.7. The number of ether oxygens (including phenoxy) is 2. The number of nitrogens with one attached hydrogen (secondary N) is 2. The number of aryl methyl sites for hydroxylation is 1. The van der Waals surface area contributed by atoms with Crippen molar-refractivity contribution < 1.29 is 27.5 Å². The molecule has 4 aromatic rings. The van der Waals surface area contributed by atoms with E-state index in [1.165, 1.54) is 12.1 Å². The first kappa shape index (κ1) is 33.2. The van der Waals surface area contributed by atoms with Crippen molar-refractivity contribution in [1.29, 1.82) is 0 Å². The largest absolute Gasteiger partial charge is 0.497 e. The van der Waals surface area contributed by atoms with Crippen molar-refractivity contribution in [3.8, 4) is 11.5 Å². The first-order valence-corrected chi connectivity index (χ1v) is 16.2. The Morgan fingerprint density at radius 3 is 2.09 bits per heavy atom. The lowest BCUT2D eigenvalue weighted by molar-refractivity contribution is -0.141. The summed E-state index contributed by atoms with van der Waals surface area (Å²) in [6.07, 6.45) is 0.475. The lowest BCUT2D eigenvalue weighted by Gasteiger charge is -2.32. The third-order valence-corrected chi connectivity index (χ3v) is 8.91. The summed E-state index contributed by atoms with van der Waals surface area (Å²) in [6, 6.07) is 29.6. The highest BCUT2D eigenvalue weighted by molar-refractivity contribution is 7.89. The van der Waals surface area contributed by atoms with Gasteiger partial charge in [-0.1, -0.05) is 79.7 Å². The quantitative estimate of drug-likeness (QED) is 0.191. The predicted octanol–water partition coefficient (Wildman–Crippen LogP) is 5.02. The van der Waals surface area contributed by atoms with Crippen LogP contribution in [0.25, 0.3) is 0 Å². The number of carbonyl (C=O) groups excluding carboxylic acids is 2. The fraction of sp³-hybridized carbons (Fsp3) is 0.257. The van der Waals surface area contributed by atoms with Crippen LogP contribution in [0.2, 0.25) is 0 Å². The summed E-state index contributed by atoms with van der Waals surface area (Å²) >= 11 is 0. The van der Waals surface area contributed by atoms with E-state index in [0.717, 1.165) is 16.7 Å². The molecule has 0 aliphatic heterocycles. The molecule has 4 rings (SSSR count). The second kappa shape index (κ2) is 15.9. The van der Waals surface area contributed by atoms with Gasteiger partial charge in [-0.15, -0.1) is 0 Å². The highest BCUT2D eigenvalue weighted by Gasteiger charge is 2.31. The maximum atomic E-state index is 14.0. The first-order chi connectivity index (χ1) is 21.7. The number of amides is 2. The average Bonchev–Trinajstić information content (AvgIpc) is 3.07. The molecule has 1 atom stereocenters. The Balaban J connectivity index is 1.62. The molecule has 0 saturated heterocycles. The fourth-order valence-corrected chi connectivity index (χ4v) is 6.03. The van der Waals surface area contributed by atoms with E-state index in [9.17, 15) is 18.0 Å². The molecule has 0 aliphatic carbocycles. The summed E-state index contributed by atoms with van der Waals surface area (Å²) < 4.78 is 37.9. The van der Waals surface area contributed by atoms with Gasteiger partial charge in [0.25, 0.3) is 0 Å². The molecule has 236 valence electrons. The summed E-state index contributed by atoms with van der Waals surface area (Å²) in [5, 5.41) is 3.02. The van der Waals surface area contributed by atoms with Gasteiger partial charge in [-0.05, 0) is 53.4 Å². The van der Waals surface area contributed by atoms with Gasteiger partial charge in [0.05, 0.1) is 19.1 Å². The molecule has 0 radical (unpaired) electrons. The Hall–Kier alpha value is -4.67. The van der Waals surface area contributed by atoms with Crippen LogP contribution in [0.3, 0.4) is 0 Å². The van der Waals surface area contributed by atoms with Crippen molar-refractivity contribution >= 4 is 21.8 Å². The van der Waals surface area contributed by atoms with Crippen LogP contribution in [0.4, 0.5) is 0 Å². The topological polar surface area (TPSA) is 114 Å². The number of nitrogens with zero attached hydrogens (tertiary/aromatic N) is 1. The van der Waals surface area contributed by atoms with E-state index in [-0.39, 0.29) is 42.8 Å². The molecule has 9 nitrogen and oxygen atoms in total. The monoisotopic (exact) mass is 629 g/mol. The molecule has 0 spiro atoms. The van der Waals surface area contributed by atoms with Gasteiger partial charge in [0.1, 0.15) is 17.5 Å². The fourth-order valence-electron chi connectivity index (χ4n) is 4.99. The number of carbonyl (C=O) groups is 2. The molecule has 10 heteroatoms. The molecule has 0 fully saturated rings. The molecule has 1 unspecified atom stereocenters. The molecule has 0 heterocycles. The Kier molecular flexibility index (Phi) is 11.7. The van der Waals surface area contributed by atoms with Gasteiger partial charge in [-0.25, -0.2) is 13.1 Å². The Labute approximate surface area is 265 Å². The van der Waals surface area contributed by atoms with E-state index >= 15 is 0 Å². The van der Waals surface area contributed by atoms with Gasteiger partial charge in [-0.3, -0.25) is 9.59 Å². The highest BCUT2D eigenvalue weighted by Crippen LogP contribution is 2.27. The number of rotatable bonds is 15. The van der Waals surface area contributed by atoms with E-state index < -0.39 is 16.1 Å². The number of methoxy groups -OCH3 is 2. The van der Waals surface area contributed by atoms with E-state index in [1.54, 1.807) is 38.2 Å². The molecule has 0 bridgehead atoms.